The average Bonchev–Trinajstić information content (AvgIpc) is 2.57. The van der Waals surface area contributed by atoms with Gasteiger partial charge in [0.1, 0.15) is 5.76 Å². The quantitative estimate of drug-likeness (QED) is 0.891. The van der Waals surface area contributed by atoms with Gasteiger partial charge in [-0.05, 0) is 40.2 Å². The van der Waals surface area contributed by atoms with E-state index < -0.39 is 11.4 Å². The average molecular weight is 252 g/mol. The second-order valence-electron chi connectivity index (χ2n) is 5.43. The molecule has 0 aliphatic carbocycles. The van der Waals surface area contributed by atoms with Crippen LogP contribution >= 0.6 is 0 Å². The van der Waals surface area contributed by atoms with Gasteiger partial charge in [-0.1, -0.05) is 0 Å². The van der Waals surface area contributed by atoms with Gasteiger partial charge in [0.15, 0.2) is 0 Å². The lowest BCUT2D eigenvalue weighted by atomic mass is 9.82. The van der Waals surface area contributed by atoms with Crippen LogP contribution in [0.1, 0.15) is 37.1 Å². The minimum atomic E-state index is -0.716. The Labute approximate surface area is 107 Å². The molecule has 0 amide bonds. The van der Waals surface area contributed by atoms with Crippen LogP contribution in [0, 0.1) is 19.3 Å². The number of aryl methyl sites for hydroxylation is 2. The van der Waals surface area contributed by atoms with Crippen LogP contribution in [-0.4, -0.2) is 34.0 Å². The van der Waals surface area contributed by atoms with Gasteiger partial charge >= 0.3 is 5.97 Å². The van der Waals surface area contributed by atoms with E-state index in [1.54, 1.807) is 0 Å². The zero-order chi connectivity index (χ0) is 13.3. The summed E-state index contributed by atoms with van der Waals surface area (Å²) in [5, 5.41) is 9.26. The summed E-state index contributed by atoms with van der Waals surface area (Å²) in [6, 6.07) is 0. The Morgan fingerprint density at radius 3 is 2.83 bits per heavy atom. The molecule has 1 saturated heterocycles. The van der Waals surface area contributed by atoms with Crippen LogP contribution in [0.3, 0.4) is 0 Å². The Balaban J connectivity index is 2.04. The van der Waals surface area contributed by atoms with Gasteiger partial charge in [-0.3, -0.25) is 9.69 Å². The maximum Gasteiger partial charge on any atom is 0.310 e. The number of oxazole rings is 1. The number of carbonyl (C=O) groups is 1. The smallest absolute Gasteiger partial charge is 0.310 e. The summed E-state index contributed by atoms with van der Waals surface area (Å²) in [4.78, 5) is 17.7. The number of hydrogen-bond donors (Lipinski definition) is 1. The van der Waals surface area contributed by atoms with Crippen LogP contribution in [-0.2, 0) is 11.3 Å². The van der Waals surface area contributed by atoms with Crippen LogP contribution in [0.15, 0.2) is 4.42 Å². The molecule has 1 fully saturated rings. The number of rotatable bonds is 3. The second kappa shape index (κ2) is 4.72. The summed E-state index contributed by atoms with van der Waals surface area (Å²) in [7, 11) is 0. The van der Waals surface area contributed by atoms with Crippen LogP contribution in [0.5, 0.6) is 0 Å². The van der Waals surface area contributed by atoms with Crippen molar-refractivity contribution in [2.75, 3.05) is 13.1 Å². The minimum Gasteiger partial charge on any atom is -0.481 e. The molecule has 18 heavy (non-hydrogen) atoms. The van der Waals surface area contributed by atoms with Crippen LogP contribution in [0.25, 0.3) is 0 Å². The van der Waals surface area contributed by atoms with E-state index in [2.05, 4.69) is 9.88 Å². The molecule has 0 aromatic carbocycles. The van der Waals surface area contributed by atoms with Crippen molar-refractivity contribution in [2.45, 2.75) is 40.2 Å². The molecule has 0 radical (unpaired) electrons. The Morgan fingerprint density at radius 1 is 1.56 bits per heavy atom. The predicted octanol–water partition coefficient (Wildman–Crippen LogP) is 1.98. The molecule has 1 unspecified atom stereocenters. The monoisotopic (exact) mass is 252 g/mol. The molecule has 100 valence electrons. The molecule has 1 N–H and O–H groups in total. The van der Waals surface area contributed by atoms with Gasteiger partial charge in [-0.25, -0.2) is 4.98 Å². The molecular weight excluding hydrogens is 232 g/mol. The Kier molecular flexibility index (Phi) is 3.43. The molecule has 1 aliphatic heterocycles. The van der Waals surface area contributed by atoms with Gasteiger partial charge in [-0.15, -0.1) is 0 Å². The first-order valence-corrected chi connectivity index (χ1v) is 6.29. The first-order chi connectivity index (χ1) is 8.40. The van der Waals surface area contributed by atoms with E-state index in [0.29, 0.717) is 19.0 Å². The highest BCUT2D eigenvalue weighted by molar-refractivity contribution is 5.74. The largest absolute Gasteiger partial charge is 0.481 e. The molecule has 2 rings (SSSR count). The molecule has 0 saturated carbocycles. The highest BCUT2D eigenvalue weighted by atomic mass is 16.4. The van der Waals surface area contributed by atoms with Crippen LogP contribution in [0.4, 0.5) is 0 Å². The lowest BCUT2D eigenvalue weighted by Gasteiger charge is -2.36. The van der Waals surface area contributed by atoms with E-state index in [9.17, 15) is 9.90 Å². The fourth-order valence-electron chi connectivity index (χ4n) is 2.45. The van der Waals surface area contributed by atoms with Crippen molar-refractivity contribution in [3.8, 4) is 0 Å². The van der Waals surface area contributed by atoms with Crippen molar-refractivity contribution in [1.29, 1.82) is 0 Å². The lowest BCUT2D eigenvalue weighted by Crippen LogP contribution is -2.45. The van der Waals surface area contributed by atoms with Crippen molar-refractivity contribution in [2.24, 2.45) is 5.41 Å². The first-order valence-electron chi connectivity index (χ1n) is 6.29. The Hall–Kier alpha value is -1.36. The summed E-state index contributed by atoms with van der Waals surface area (Å²) in [6.45, 7) is 7.68. The van der Waals surface area contributed by atoms with Crippen molar-refractivity contribution in [3.63, 3.8) is 0 Å². The van der Waals surface area contributed by atoms with E-state index in [4.69, 9.17) is 4.42 Å². The summed E-state index contributed by atoms with van der Waals surface area (Å²) < 4.78 is 5.55. The van der Waals surface area contributed by atoms with Gasteiger partial charge in [0.25, 0.3) is 0 Å². The van der Waals surface area contributed by atoms with Crippen molar-refractivity contribution in [3.05, 3.63) is 17.3 Å². The molecule has 0 bridgehead atoms. The first kappa shape index (κ1) is 13.1. The molecule has 5 heteroatoms. The SMILES string of the molecule is Cc1nc(CN2CCCC(C)(C(=O)O)C2)oc1C. The van der Waals surface area contributed by atoms with Gasteiger partial charge in [0, 0.05) is 6.54 Å². The van der Waals surface area contributed by atoms with E-state index in [1.807, 2.05) is 20.8 Å². The zero-order valence-electron chi connectivity index (χ0n) is 11.2. The van der Waals surface area contributed by atoms with Crippen LogP contribution < -0.4 is 0 Å². The minimum absolute atomic E-state index is 0.558. The molecule has 1 aliphatic rings. The molecule has 5 nitrogen and oxygen atoms in total. The molecular formula is C13H20N2O3. The maximum absolute atomic E-state index is 11.3. The maximum atomic E-state index is 11.3. The molecule has 1 aromatic rings. The number of likely N-dealkylation sites (tertiary alicyclic amines) is 1. The van der Waals surface area contributed by atoms with Crippen molar-refractivity contribution >= 4 is 5.97 Å². The Morgan fingerprint density at radius 2 is 2.28 bits per heavy atom. The molecule has 2 heterocycles. The highest BCUT2D eigenvalue weighted by Gasteiger charge is 2.38. The van der Waals surface area contributed by atoms with Gasteiger partial charge in [0.05, 0.1) is 17.7 Å². The van der Waals surface area contributed by atoms with Gasteiger partial charge in [0.2, 0.25) is 5.89 Å². The number of aliphatic carboxylic acids is 1. The number of hydrogen-bond acceptors (Lipinski definition) is 4. The Bertz CT molecular complexity index is 436. The number of carboxylic acids is 1. The summed E-state index contributed by atoms with van der Waals surface area (Å²) >= 11 is 0. The second-order valence-corrected chi connectivity index (χ2v) is 5.43. The molecule has 0 spiro atoms. The number of nitrogens with zero attached hydrogens (tertiary/aromatic N) is 2. The standard InChI is InChI=1S/C13H20N2O3/c1-9-10(2)18-11(14-9)7-15-6-4-5-13(3,8-15)12(16)17/h4-8H2,1-3H3,(H,16,17). The number of piperidine rings is 1. The van der Waals surface area contributed by atoms with E-state index in [1.165, 1.54) is 0 Å². The van der Waals surface area contributed by atoms with Gasteiger partial charge < -0.3 is 9.52 Å². The topological polar surface area (TPSA) is 66.6 Å². The third-order valence-corrected chi connectivity index (χ3v) is 3.72. The normalized spacial score (nSPS) is 25.3. The van der Waals surface area contributed by atoms with Crippen molar-refractivity contribution < 1.29 is 14.3 Å². The fourth-order valence-corrected chi connectivity index (χ4v) is 2.45. The third kappa shape index (κ3) is 2.56. The summed E-state index contributed by atoms with van der Waals surface area (Å²) in [5.41, 5.74) is 0.262. The zero-order valence-corrected chi connectivity index (χ0v) is 11.2. The summed E-state index contributed by atoms with van der Waals surface area (Å²) in [5.74, 6) is 0.801. The molecule has 1 aromatic heterocycles. The van der Waals surface area contributed by atoms with Gasteiger partial charge in [-0.2, -0.15) is 0 Å². The number of aromatic nitrogens is 1. The summed E-state index contributed by atoms with van der Waals surface area (Å²) in [6.07, 6.45) is 1.64. The highest BCUT2D eigenvalue weighted by Crippen LogP contribution is 2.30. The van der Waals surface area contributed by atoms with E-state index in [0.717, 1.165) is 30.8 Å². The fraction of sp³-hybridized carbons (Fsp3) is 0.692. The van der Waals surface area contributed by atoms with Crippen LogP contribution in [0.2, 0.25) is 0 Å². The molecule has 1 atom stereocenters. The lowest BCUT2D eigenvalue weighted by molar-refractivity contribution is -0.151. The number of carboxylic acid groups (broad SMARTS) is 1. The third-order valence-electron chi connectivity index (χ3n) is 3.72. The predicted molar refractivity (Wildman–Crippen MR) is 66.2 cm³/mol. The van der Waals surface area contributed by atoms with E-state index in [-0.39, 0.29) is 0 Å². The van der Waals surface area contributed by atoms with Crippen molar-refractivity contribution in [1.82, 2.24) is 9.88 Å². The van der Waals surface area contributed by atoms with E-state index >= 15 is 0 Å².